The number of carboxylic acid groups (broad SMARTS) is 1. The van der Waals surface area contributed by atoms with Gasteiger partial charge < -0.3 is 5.11 Å². The molecule has 0 spiro atoms. The van der Waals surface area contributed by atoms with Gasteiger partial charge in [-0.25, -0.2) is 0 Å². The zero-order chi connectivity index (χ0) is 7.28. The topological polar surface area (TPSA) is 61.1 Å². The summed E-state index contributed by atoms with van der Waals surface area (Å²) in [5.41, 5.74) is 0. The highest BCUT2D eigenvalue weighted by Gasteiger charge is 2.09. The number of carboxylic acids is 1. The molecule has 9 heavy (non-hydrogen) atoms. The van der Waals surface area contributed by atoms with E-state index in [2.05, 4.69) is 0 Å². The molecule has 0 bridgehead atoms. The summed E-state index contributed by atoms with van der Waals surface area (Å²) in [7, 11) is 0. The zero-order valence-electron chi connectivity index (χ0n) is 5.00. The quantitative estimate of drug-likeness (QED) is 0.600. The molecule has 0 aliphatic carbocycles. The number of rotatable bonds is 3. The van der Waals surface area contributed by atoms with Crippen LogP contribution in [0.5, 0.6) is 0 Å². The number of thiocyanates is 1. The first kappa shape index (κ1) is 8.31. The number of nitriles is 1. The lowest BCUT2D eigenvalue weighted by Crippen LogP contribution is -2.11. The van der Waals surface area contributed by atoms with E-state index in [0.29, 0.717) is 5.75 Å². The summed E-state index contributed by atoms with van der Waals surface area (Å²) in [6.07, 6.45) is 0. The molecule has 1 atom stereocenters. The Morgan fingerprint density at radius 2 is 2.56 bits per heavy atom. The first-order chi connectivity index (χ1) is 4.18. The highest BCUT2D eigenvalue weighted by atomic mass is 32.2. The number of hydrogen-bond acceptors (Lipinski definition) is 3. The first-order valence-corrected chi connectivity index (χ1v) is 3.40. The summed E-state index contributed by atoms with van der Waals surface area (Å²) in [6, 6.07) is 0. The van der Waals surface area contributed by atoms with Crippen LogP contribution < -0.4 is 0 Å². The molecule has 0 saturated carbocycles. The van der Waals surface area contributed by atoms with Crippen LogP contribution in [0.15, 0.2) is 0 Å². The maximum atomic E-state index is 10.1. The van der Waals surface area contributed by atoms with Gasteiger partial charge in [-0.05, 0) is 11.8 Å². The molecular formula is C5H7NO2S. The van der Waals surface area contributed by atoms with E-state index in [1.807, 2.05) is 0 Å². The second kappa shape index (κ2) is 4.21. The van der Waals surface area contributed by atoms with Crippen LogP contribution in [0.2, 0.25) is 0 Å². The molecule has 0 aliphatic rings. The van der Waals surface area contributed by atoms with Crippen LogP contribution in [0.25, 0.3) is 0 Å². The Bertz CT molecular complexity index is 140. The fourth-order valence-corrected chi connectivity index (χ4v) is 0.701. The molecule has 0 amide bonds. The Hall–Kier alpha value is -0.690. The monoisotopic (exact) mass is 145 g/mol. The van der Waals surface area contributed by atoms with Crippen LogP contribution in [-0.4, -0.2) is 16.8 Å². The van der Waals surface area contributed by atoms with Crippen LogP contribution in [0, 0.1) is 16.6 Å². The van der Waals surface area contributed by atoms with Gasteiger partial charge in [0, 0.05) is 5.75 Å². The molecule has 0 saturated heterocycles. The highest BCUT2D eigenvalue weighted by Crippen LogP contribution is 2.05. The average molecular weight is 145 g/mol. The summed E-state index contributed by atoms with van der Waals surface area (Å²) in [4.78, 5) is 10.1. The third kappa shape index (κ3) is 3.86. The fourth-order valence-electron chi connectivity index (χ4n) is 0.234. The number of thioether (sulfide) groups is 1. The molecule has 1 unspecified atom stereocenters. The van der Waals surface area contributed by atoms with Crippen molar-refractivity contribution in [3.8, 4) is 5.40 Å². The molecule has 0 radical (unpaired) electrons. The molecule has 0 rings (SSSR count). The molecule has 0 fully saturated rings. The van der Waals surface area contributed by atoms with E-state index in [4.69, 9.17) is 10.4 Å². The van der Waals surface area contributed by atoms with Crippen molar-refractivity contribution in [1.29, 1.82) is 5.26 Å². The second-order valence-corrected chi connectivity index (χ2v) is 2.45. The predicted octanol–water partition coefficient (Wildman–Crippen LogP) is 0.921. The lowest BCUT2D eigenvalue weighted by atomic mass is 10.2. The maximum Gasteiger partial charge on any atom is 0.307 e. The van der Waals surface area contributed by atoms with Gasteiger partial charge in [0.25, 0.3) is 0 Å². The van der Waals surface area contributed by atoms with Crippen molar-refractivity contribution in [2.24, 2.45) is 5.92 Å². The molecular weight excluding hydrogens is 138 g/mol. The van der Waals surface area contributed by atoms with Crippen molar-refractivity contribution >= 4 is 17.7 Å². The standard InChI is InChI=1S/C5H7NO2S/c1-4(5(7)8)2-9-3-6/h4H,2H2,1H3,(H,7,8). The second-order valence-electron chi connectivity index (χ2n) is 1.64. The van der Waals surface area contributed by atoms with Gasteiger partial charge in [0.1, 0.15) is 5.40 Å². The predicted molar refractivity (Wildman–Crippen MR) is 34.9 cm³/mol. The first-order valence-electron chi connectivity index (χ1n) is 2.42. The minimum atomic E-state index is -0.849. The SMILES string of the molecule is CC(CSC#N)C(=O)O. The van der Waals surface area contributed by atoms with Crippen LogP contribution >= 0.6 is 11.8 Å². The summed E-state index contributed by atoms with van der Waals surface area (Å²) >= 11 is 0.969. The Balaban J connectivity index is 3.41. The molecule has 0 heterocycles. The minimum absolute atomic E-state index is 0.367. The average Bonchev–Trinajstić information content (AvgIpc) is 1.82. The van der Waals surface area contributed by atoms with Crippen molar-refractivity contribution in [1.82, 2.24) is 0 Å². The molecule has 0 aromatic rings. The van der Waals surface area contributed by atoms with E-state index in [9.17, 15) is 4.79 Å². The van der Waals surface area contributed by atoms with Gasteiger partial charge in [0.15, 0.2) is 0 Å². The normalized spacial score (nSPS) is 12.0. The summed E-state index contributed by atoms with van der Waals surface area (Å²) < 4.78 is 0. The molecule has 0 aromatic heterocycles. The maximum absolute atomic E-state index is 10.1. The summed E-state index contributed by atoms with van der Waals surface area (Å²) in [5.74, 6) is -0.904. The third-order valence-electron chi connectivity index (χ3n) is 0.819. The molecule has 0 aromatic carbocycles. The molecule has 50 valence electrons. The number of aliphatic carboxylic acids is 1. The van der Waals surface area contributed by atoms with Crippen LogP contribution in [0.3, 0.4) is 0 Å². The third-order valence-corrected chi connectivity index (χ3v) is 1.62. The van der Waals surface area contributed by atoms with Gasteiger partial charge in [0.2, 0.25) is 0 Å². The number of hydrogen-bond donors (Lipinski definition) is 1. The Morgan fingerprint density at radius 3 is 2.89 bits per heavy atom. The van der Waals surface area contributed by atoms with Gasteiger partial charge in [-0.2, -0.15) is 5.26 Å². The van der Waals surface area contributed by atoms with Gasteiger partial charge in [-0.1, -0.05) is 6.92 Å². The minimum Gasteiger partial charge on any atom is -0.481 e. The van der Waals surface area contributed by atoms with Crippen molar-refractivity contribution in [2.75, 3.05) is 5.75 Å². The van der Waals surface area contributed by atoms with E-state index in [0.717, 1.165) is 11.8 Å². The Morgan fingerprint density at radius 1 is 2.00 bits per heavy atom. The van der Waals surface area contributed by atoms with Crippen molar-refractivity contribution in [3.05, 3.63) is 0 Å². The number of carbonyl (C=O) groups is 1. The molecule has 1 N–H and O–H groups in total. The van der Waals surface area contributed by atoms with Crippen LogP contribution in [-0.2, 0) is 4.79 Å². The molecule has 0 aliphatic heterocycles. The van der Waals surface area contributed by atoms with Crippen molar-refractivity contribution in [2.45, 2.75) is 6.92 Å². The largest absolute Gasteiger partial charge is 0.481 e. The van der Waals surface area contributed by atoms with Crippen molar-refractivity contribution in [3.63, 3.8) is 0 Å². The highest BCUT2D eigenvalue weighted by molar-refractivity contribution is 8.03. The van der Waals surface area contributed by atoms with Gasteiger partial charge in [-0.3, -0.25) is 4.79 Å². The fraction of sp³-hybridized carbons (Fsp3) is 0.600. The molecule has 4 heteroatoms. The van der Waals surface area contributed by atoms with Gasteiger partial charge >= 0.3 is 5.97 Å². The van der Waals surface area contributed by atoms with Crippen molar-refractivity contribution < 1.29 is 9.90 Å². The van der Waals surface area contributed by atoms with E-state index >= 15 is 0 Å². The van der Waals surface area contributed by atoms with E-state index in [1.165, 1.54) is 0 Å². The lowest BCUT2D eigenvalue weighted by Gasteiger charge is -1.98. The Kier molecular flexibility index (Phi) is 3.89. The number of nitrogens with zero attached hydrogens (tertiary/aromatic N) is 1. The van der Waals surface area contributed by atoms with E-state index < -0.39 is 11.9 Å². The van der Waals surface area contributed by atoms with Gasteiger partial charge in [0.05, 0.1) is 5.92 Å². The summed E-state index contributed by atoms with van der Waals surface area (Å²) in [5, 5.41) is 18.1. The zero-order valence-corrected chi connectivity index (χ0v) is 5.81. The summed E-state index contributed by atoms with van der Waals surface area (Å²) in [6.45, 7) is 1.58. The Labute approximate surface area is 57.7 Å². The van der Waals surface area contributed by atoms with Gasteiger partial charge in [-0.15, -0.1) is 0 Å². The molecule has 3 nitrogen and oxygen atoms in total. The van der Waals surface area contributed by atoms with Crippen LogP contribution in [0.4, 0.5) is 0 Å². The van der Waals surface area contributed by atoms with Crippen LogP contribution in [0.1, 0.15) is 6.92 Å². The van der Waals surface area contributed by atoms with E-state index in [1.54, 1.807) is 12.3 Å². The van der Waals surface area contributed by atoms with E-state index in [-0.39, 0.29) is 0 Å². The smallest absolute Gasteiger partial charge is 0.307 e. The lowest BCUT2D eigenvalue weighted by molar-refractivity contribution is -0.140.